The normalized spacial score (nSPS) is 10.1. The van der Waals surface area contributed by atoms with Gasteiger partial charge >= 0.3 is 0 Å². The number of rotatable bonds is 4. The van der Waals surface area contributed by atoms with Crippen LogP contribution in [0.3, 0.4) is 0 Å². The van der Waals surface area contributed by atoms with E-state index < -0.39 is 0 Å². The summed E-state index contributed by atoms with van der Waals surface area (Å²) in [5, 5.41) is 5.72. The molecule has 1 rings (SSSR count). The van der Waals surface area contributed by atoms with Crippen molar-refractivity contribution in [3.05, 3.63) is 29.3 Å². The Balaban J connectivity index is 2.43. The monoisotopic (exact) mass is 254 g/mol. The van der Waals surface area contributed by atoms with E-state index in [9.17, 15) is 9.59 Å². The number of anilines is 1. The van der Waals surface area contributed by atoms with Crippen LogP contribution in [-0.2, 0) is 9.59 Å². The average Bonchev–Trinajstić information content (AvgIpc) is 2.25. The standard InChI is InChI=1S/C12H15ClN2O2/c1-8(2)12(17)14-7-11(16)15-10-5-3-4-9(13)6-10/h3-6,8H,7H2,1-2H3,(H,14,17)(H,15,16). The molecule has 0 unspecified atom stereocenters. The van der Waals surface area contributed by atoms with Crippen LogP contribution >= 0.6 is 11.6 Å². The molecule has 0 saturated heterocycles. The summed E-state index contributed by atoms with van der Waals surface area (Å²) in [4.78, 5) is 22.7. The number of nitrogens with one attached hydrogen (secondary N) is 2. The van der Waals surface area contributed by atoms with Gasteiger partial charge in [0, 0.05) is 16.6 Å². The minimum absolute atomic E-state index is 0.0382. The first-order valence-electron chi connectivity index (χ1n) is 5.32. The molecule has 0 heterocycles. The summed E-state index contributed by atoms with van der Waals surface area (Å²) in [5.74, 6) is -0.554. The third kappa shape index (κ3) is 4.87. The van der Waals surface area contributed by atoms with Gasteiger partial charge < -0.3 is 10.6 Å². The lowest BCUT2D eigenvalue weighted by molar-refractivity contribution is -0.126. The maximum absolute atomic E-state index is 11.5. The smallest absolute Gasteiger partial charge is 0.243 e. The van der Waals surface area contributed by atoms with Crippen molar-refractivity contribution in [3.63, 3.8) is 0 Å². The Morgan fingerprint density at radius 2 is 2.06 bits per heavy atom. The van der Waals surface area contributed by atoms with E-state index in [-0.39, 0.29) is 24.3 Å². The molecule has 0 radical (unpaired) electrons. The van der Waals surface area contributed by atoms with Crippen molar-refractivity contribution in [1.82, 2.24) is 5.32 Å². The summed E-state index contributed by atoms with van der Waals surface area (Å²) in [6.45, 7) is 3.50. The summed E-state index contributed by atoms with van der Waals surface area (Å²) in [6.07, 6.45) is 0. The molecule has 0 aliphatic carbocycles. The molecule has 0 saturated carbocycles. The number of amides is 2. The maximum atomic E-state index is 11.5. The van der Waals surface area contributed by atoms with Gasteiger partial charge in [-0.3, -0.25) is 9.59 Å². The number of carbonyl (C=O) groups is 2. The third-order valence-electron chi connectivity index (χ3n) is 2.06. The third-order valence-corrected chi connectivity index (χ3v) is 2.29. The van der Waals surface area contributed by atoms with Crippen LogP contribution in [0.1, 0.15) is 13.8 Å². The van der Waals surface area contributed by atoms with Gasteiger partial charge in [0.05, 0.1) is 6.54 Å². The van der Waals surface area contributed by atoms with Gasteiger partial charge in [-0.05, 0) is 18.2 Å². The second-order valence-corrected chi connectivity index (χ2v) is 4.37. The molecule has 1 aromatic carbocycles. The van der Waals surface area contributed by atoms with Gasteiger partial charge in [0.1, 0.15) is 0 Å². The van der Waals surface area contributed by atoms with Crippen molar-refractivity contribution < 1.29 is 9.59 Å². The van der Waals surface area contributed by atoms with Gasteiger partial charge in [-0.1, -0.05) is 31.5 Å². The molecule has 0 atom stereocenters. The van der Waals surface area contributed by atoms with E-state index in [4.69, 9.17) is 11.6 Å². The van der Waals surface area contributed by atoms with E-state index in [0.29, 0.717) is 10.7 Å². The summed E-state index contributed by atoms with van der Waals surface area (Å²) >= 11 is 5.78. The van der Waals surface area contributed by atoms with E-state index in [2.05, 4.69) is 10.6 Å². The van der Waals surface area contributed by atoms with E-state index >= 15 is 0 Å². The lowest BCUT2D eigenvalue weighted by Crippen LogP contribution is -2.35. The van der Waals surface area contributed by atoms with Crippen molar-refractivity contribution in [3.8, 4) is 0 Å². The molecule has 5 heteroatoms. The van der Waals surface area contributed by atoms with Crippen LogP contribution in [-0.4, -0.2) is 18.4 Å². The van der Waals surface area contributed by atoms with Crippen molar-refractivity contribution in [2.75, 3.05) is 11.9 Å². The molecule has 0 fully saturated rings. The molecule has 0 aliphatic rings. The minimum atomic E-state index is -0.277. The van der Waals surface area contributed by atoms with Gasteiger partial charge in [-0.15, -0.1) is 0 Å². The SMILES string of the molecule is CC(C)C(=O)NCC(=O)Nc1cccc(Cl)c1. The van der Waals surface area contributed by atoms with Crippen molar-refractivity contribution >= 4 is 29.1 Å². The minimum Gasteiger partial charge on any atom is -0.347 e. The van der Waals surface area contributed by atoms with Crippen molar-refractivity contribution in [2.24, 2.45) is 5.92 Å². The van der Waals surface area contributed by atoms with E-state index in [1.54, 1.807) is 38.1 Å². The van der Waals surface area contributed by atoms with Crippen molar-refractivity contribution in [1.29, 1.82) is 0 Å². The fourth-order valence-electron chi connectivity index (χ4n) is 1.14. The first-order chi connectivity index (χ1) is 7.99. The fraction of sp³-hybridized carbons (Fsp3) is 0.333. The van der Waals surface area contributed by atoms with Gasteiger partial charge in [0.25, 0.3) is 0 Å². The zero-order valence-electron chi connectivity index (χ0n) is 9.79. The van der Waals surface area contributed by atoms with Gasteiger partial charge in [-0.25, -0.2) is 0 Å². The van der Waals surface area contributed by atoms with Crippen LogP contribution in [0.4, 0.5) is 5.69 Å². The Morgan fingerprint density at radius 3 is 2.65 bits per heavy atom. The van der Waals surface area contributed by atoms with Crippen LogP contribution in [0, 0.1) is 5.92 Å². The average molecular weight is 255 g/mol. The number of hydrogen-bond donors (Lipinski definition) is 2. The Labute approximate surface area is 105 Å². The highest BCUT2D eigenvalue weighted by molar-refractivity contribution is 6.30. The molecule has 2 N–H and O–H groups in total. The molecular weight excluding hydrogens is 240 g/mol. The zero-order chi connectivity index (χ0) is 12.8. The predicted octanol–water partition coefficient (Wildman–Crippen LogP) is 2.05. The van der Waals surface area contributed by atoms with Crippen LogP contribution < -0.4 is 10.6 Å². The number of hydrogen-bond acceptors (Lipinski definition) is 2. The molecule has 0 aliphatic heterocycles. The first-order valence-corrected chi connectivity index (χ1v) is 5.70. The number of benzene rings is 1. The number of carbonyl (C=O) groups excluding carboxylic acids is 2. The summed E-state index contributed by atoms with van der Waals surface area (Å²) in [7, 11) is 0. The second kappa shape index (κ2) is 6.25. The second-order valence-electron chi connectivity index (χ2n) is 3.93. The molecular formula is C12H15ClN2O2. The van der Waals surface area contributed by atoms with Crippen molar-refractivity contribution in [2.45, 2.75) is 13.8 Å². The quantitative estimate of drug-likeness (QED) is 0.864. The van der Waals surface area contributed by atoms with Crippen LogP contribution in [0.25, 0.3) is 0 Å². The molecule has 1 aromatic rings. The van der Waals surface area contributed by atoms with E-state index in [1.165, 1.54) is 0 Å². The Kier molecular flexibility index (Phi) is 4.97. The lowest BCUT2D eigenvalue weighted by atomic mass is 10.2. The number of halogens is 1. The van der Waals surface area contributed by atoms with Gasteiger partial charge in [0.2, 0.25) is 11.8 Å². The van der Waals surface area contributed by atoms with E-state index in [0.717, 1.165) is 0 Å². The highest BCUT2D eigenvalue weighted by atomic mass is 35.5. The predicted molar refractivity (Wildman–Crippen MR) is 67.9 cm³/mol. The Bertz CT molecular complexity index is 419. The molecule has 0 aromatic heterocycles. The molecule has 4 nitrogen and oxygen atoms in total. The molecule has 2 amide bonds. The highest BCUT2D eigenvalue weighted by Gasteiger charge is 2.08. The Morgan fingerprint density at radius 1 is 1.35 bits per heavy atom. The van der Waals surface area contributed by atoms with Crippen LogP contribution in [0.2, 0.25) is 5.02 Å². The fourth-order valence-corrected chi connectivity index (χ4v) is 1.33. The van der Waals surface area contributed by atoms with Gasteiger partial charge in [-0.2, -0.15) is 0 Å². The molecule has 0 bridgehead atoms. The molecule has 17 heavy (non-hydrogen) atoms. The summed E-state index contributed by atoms with van der Waals surface area (Å²) in [5.41, 5.74) is 0.612. The molecule has 0 spiro atoms. The zero-order valence-corrected chi connectivity index (χ0v) is 10.5. The highest BCUT2D eigenvalue weighted by Crippen LogP contribution is 2.14. The topological polar surface area (TPSA) is 58.2 Å². The van der Waals surface area contributed by atoms with Crippen LogP contribution in [0.5, 0.6) is 0 Å². The lowest BCUT2D eigenvalue weighted by Gasteiger charge is -2.08. The first kappa shape index (κ1) is 13.5. The van der Waals surface area contributed by atoms with Gasteiger partial charge in [0.15, 0.2) is 0 Å². The van der Waals surface area contributed by atoms with E-state index in [1.807, 2.05) is 0 Å². The Hall–Kier alpha value is -1.55. The summed E-state index contributed by atoms with van der Waals surface area (Å²) in [6, 6.07) is 6.83. The van der Waals surface area contributed by atoms with Crippen LogP contribution in [0.15, 0.2) is 24.3 Å². The largest absolute Gasteiger partial charge is 0.347 e. The maximum Gasteiger partial charge on any atom is 0.243 e. The summed E-state index contributed by atoms with van der Waals surface area (Å²) < 4.78 is 0. The molecule has 92 valence electrons.